The van der Waals surface area contributed by atoms with Gasteiger partial charge in [0.15, 0.2) is 0 Å². The van der Waals surface area contributed by atoms with Crippen LogP contribution in [0.15, 0.2) is 42.6 Å². The summed E-state index contributed by atoms with van der Waals surface area (Å²) in [5.74, 6) is -0.973. The minimum atomic E-state index is -4.62. The van der Waals surface area contributed by atoms with E-state index >= 15 is 0 Å². The lowest BCUT2D eigenvalue weighted by molar-refractivity contribution is -0.137. The van der Waals surface area contributed by atoms with Crippen molar-refractivity contribution in [1.82, 2.24) is 19.9 Å². The van der Waals surface area contributed by atoms with E-state index in [-0.39, 0.29) is 36.0 Å². The number of aromatic nitrogens is 3. The molecule has 2 aromatic carbocycles. The van der Waals surface area contributed by atoms with Crippen molar-refractivity contribution in [1.29, 1.82) is 0 Å². The van der Waals surface area contributed by atoms with E-state index < -0.39 is 36.1 Å². The first-order chi connectivity index (χ1) is 21.0. The van der Waals surface area contributed by atoms with Gasteiger partial charge in [0.05, 0.1) is 27.2 Å². The van der Waals surface area contributed by atoms with Gasteiger partial charge in [-0.1, -0.05) is 50.0 Å². The third kappa shape index (κ3) is 8.01. The Morgan fingerprint density at radius 1 is 1.07 bits per heavy atom. The number of halogens is 7. The molecule has 2 amide bonds. The molecule has 0 bridgehead atoms. The van der Waals surface area contributed by atoms with Crippen molar-refractivity contribution in [2.24, 2.45) is 12.5 Å². The second-order valence-electron chi connectivity index (χ2n) is 11.1. The van der Waals surface area contributed by atoms with Gasteiger partial charge in [0.2, 0.25) is 5.91 Å². The number of aryl methyl sites for hydroxylation is 1. The normalized spacial score (nSPS) is 12.1. The minimum Gasteiger partial charge on any atom is -0.487 e. The van der Waals surface area contributed by atoms with E-state index in [1.807, 2.05) is 0 Å². The van der Waals surface area contributed by atoms with E-state index in [0.29, 0.717) is 44.2 Å². The summed E-state index contributed by atoms with van der Waals surface area (Å²) in [5.41, 5.74) is 0.0798. The highest BCUT2D eigenvalue weighted by Gasteiger charge is 2.31. The Balaban J connectivity index is 1.67. The summed E-state index contributed by atoms with van der Waals surface area (Å²) in [7, 11) is 1.67. The number of carbonyl (C=O) groups excluding carboxylic acids is 2. The number of rotatable bonds is 9. The summed E-state index contributed by atoms with van der Waals surface area (Å²) in [5, 5.41) is 5.88. The maximum absolute atomic E-state index is 13.1. The van der Waals surface area contributed by atoms with E-state index in [2.05, 4.69) is 20.6 Å². The van der Waals surface area contributed by atoms with Crippen LogP contribution in [0.5, 0.6) is 5.75 Å². The lowest BCUT2D eigenvalue weighted by atomic mass is 9.95. The van der Waals surface area contributed by atoms with E-state index in [4.69, 9.17) is 27.9 Å². The van der Waals surface area contributed by atoms with E-state index in [9.17, 15) is 31.5 Å². The lowest BCUT2D eigenvalue weighted by Gasteiger charge is -2.18. The summed E-state index contributed by atoms with van der Waals surface area (Å²) in [6.07, 6.45) is -6.78. The Bertz CT molecular complexity index is 1740. The molecule has 4 aromatic rings. The number of benzene rings is 2. The van der Waals surface area contributed by atoms with Crippen LogP contribution in [0.25, 0.3) is 11.0 Å². The van der Waals surface area contributed by atoms with E-state index in [1.165, 1.54) is 12.1 Å². The number of carbonyl (C=O) groups is 2. The van der Waals surface area contributed by atoms with Crippen LogP contribution in [0, 0.1) is 5.41 Å². The molecular weight excluding hydrogens is 644 g/mol. The van der Waals surface area contributed by atoms with Crippen LogP contribution in [0.3, 0.4) is 0 Å². The zero-order valence-electron chi connectivity index (χ0n) is 24.5. The van der Waals surface area contributed by atoms with Gasteiger partial charge in [0.1, 0.15) is 24.0 Å². The minimum absolute atomic E-state index is 0.133. The Labute approximate surface area is 264 Å². The maximum Gasteiger partial charge on any atom is 0.417 e. The molecule has 2 N–H and O–H groups in total. The maximum atomic E-state index is 13.1. The van der Waals surface area contributed by atoms with Crippen molar-refractivity contribution in [3.63, 3.8) is 0 Å². The van der Waals surface area contributed by atoms with Crippen LogP contribution in [0.1, 0.15) is 53.6 Å². The smallest absolute Gasteiger partial charge is 0.417 e. The van der Waals surface area contributed by atoms with Gasteiger partial charge in [-0.05, 0) is 35.4 Å². The lowest BCUT2D eigenvalue weighted by Crippen LogP contribution is -2.34. The van der Waals surface area contributed by atoms with Gasteiger partial charge in [0, 0.05) is 42.7 Å². The fraction of sp³-hybridized carbons (Fsp3) is 0.333. The number of imidazole rings is 1. The SMILES string of the molecule is Cn1c(Cc2c(Cl)ccc(CNC(=O)C(C)(C)C)c2Cl)nc2cc(C(=O)Nc3ccc(C(F)(F)F)cn3)c(OCC(F)F)cc21. The topological polar surface area (TPSA) is 98.1 Å². The summed E-state index contributed by atoms with van der Waals surface area (Å²) in [6.45, 7) is 4.51. The Morgan fingerprint density at radius 3 is 2.38 bits per heavy atom. The first-order valence-corrected chi connectivity index (χ1v) is 14.2. The van der Waals surface area contributed by atoms with Crippen molar-refractivity contribution in [2.45, 2.75) is 46.3 Å². The molecule has 0 atom stereocenters. The predicted molar refractivity (Wildman–Crippen MR) is 160 cm³/mol. The molecule has 45 heavy (non-hydrogen) atoms. The van der Waals surface area contributed by atoms with Gasteiger partial charge in [-0.3, -0.25) is 9.59 Å². The van der Waals surface area contributed by atoms with Crippen LogP contribution >= 0.6 is 23.2 Å². The van der Waals surface area contributed by atoms with Crippen LogP contribution in [-0.4, -0.2) is 39.4 Å². The number of amides is 2. The van der Waals surface area contributed by atoms with E-state index in [1.54, 1.807) is 44.5 Å². The molecule has 2 aromatic heterocycles. The molecule has 0 unspecified atom stereocenters. The highest BCUT2D eigenvalue weighted by molar-refractivity contribution is 6.36. The van der Waals surface area contributed by atoms with Crippen LogP contribution in [0.4, 0.5) is 27.8 Å². The Morgan fingerprint density at radius 2 is 1.78 bits per heavy atom. The van der Waals surface area contributed by atoms with Crippen molar-refractivity contribution >= 4 is 51.9 Å². The van der Waals surface area contributed by atoms with Crippen molar-refractivity contribution in [2.75, 3.05) is 11.9 Å². The molecule has 0 aliphatic rings. The zero-order valence-corrected chi connectivity index (χ0v) is 26.0. The summed E-state index contributed by atoms with van der Waals surface area (Å²) >= 11 is 13.2. The monoisotopic (exact) mass is 671 g/mol. The van der Waals surface area contributed by atoms with Crippen molar-refractivity contribution in [3.8, 4) is 5.75 Å². The van der Waals surface area contributed by atoms with Gasteiger partial charge in [0.25, 0.3) is 12.3 Å². The average Bonchev–Trinajstić information content (AvgIpc) is 3.26. The number of alkyl halides is 5. The number of anilines is 1. The fourth-order valence-corrected chi connectivity index (χ4v) is 4.81. The van der Waals surface area contributed by atoms with Crippen LogP contribution in [0.2, 0.25) is 10.0 Å². The molecule has 0 saturated heterocycles. The first-order valence-electron chi connectivity index (χ1n) is 13.4. The number of fused-ring (bicyclic) bond motifs is 1. The zero-order chi connectivity index (χ0) is 33.3. The predicted octanol–water partition coefficient (Wildman–Crippen LogP) is 7.44. The van der Waals surface area contributed by atoms with Gasteiger partial charge in [-0.25, -0.2) is 18.7 Å². The molecular formula is C30H28Cl2F5N5O3. The summed E-state index contributed by atoms with van der Waals surface area (Å²) in [6, 6.07) is 7.75. The number of pyridine rings is 1. The highest BCUT2D eigenvalue weighted by atomic mass is 35.5. The molecule has 4 rings (SSSR count). The molecule has 0 radical (unpaired) electrons. The summed E-state index contributed by atoms with van der Waals surface area (Å²) in [4.78, 5) is 33.7. The second kappa shape index (κ2) is 13.2. The number of nitrogens with one attached hydrogen (secondary N) is 2. The molecule has 8 nitrogen and oxygen atoms in total. The molecule has 0 fully saturated rings. The van der Waals surface area contributed by atoms with Crippen molar-refractivity contribution < 1.29 is 36.3 Å². The fourth-order valence-electron chi connectivity index (χ4n) is 4.24. The summed E-state index contributed by atoms with van der Waals surface area (Å²) < 4.78 is 71.7. The Hall–Kier alpha value is -3.97. The first kappa shape index (κ1) is 33.9. The molecule has 0 spiro atoms. The van der Waals surface area contributed by atoms with Crippen molar-refractivity contribution in [3.05, 3.63) is 80.7 Å². The molecule has 0 aliphatic heterocycles. The standard InChI is InChI=1S/C30H28Cl2F5N5O3/c1-29(2,3)28(44)39-12-15-5-7-19(31)17(26(15)32)10-25-40-20-9-18(22(45-14-23(33)34)11-21(20)42(25)4)27(43)41-24-8-6-16(13-38-24)30(35,36)37/h5-9,11,13,23H,10,12,14H2,1-4H3,(H,39,44)(H,38,41,43). The number of hydrogen-bond donors (Lipinski definition) is 2. The molecule has 2 heterocycles. The average molecular weight is 672 g/mol. The third-order valence-corrected chi connectivity index (χ3v) is 7.56. The second-order valence-corrected chi connectivity index (χ2v) is 11.9. The highest BCUT2D eigenvalue weighted by Crippen LogP contribution is 2.33. The van der Waals surface area contributed by atoms with Crippen LogP contribution < -0.4 is 15.4 Å². The molecule has 0 saturated carbocycles. The number of nitrogens with zero attached hydrogens (tertiary/aromatic N) is 3. The van der Waals surface area contributed by atoms with Crippen LogP contribution in [-0.2, 0) is 31.0 Å². The largest absolute Gasteiger partial charge is 0.487 e. The van der Waals surface area contributed by atoms with Gasteiger partial charge in [-0.2, -0.15) is 13.2 Å². The number of hydrogen-bond acceptors (Lipinski definition) is 5. The van der Waals surface area contributed by atoms with Gasteiger partial charge < -0.3 is 19.9 Å². The quantitative estimate of drug-likeness (QED) is 0.180. The Kier molecular flexibility index (Phi) is 9.93. The third-order valence-electron chi connectivity index (χ3n) is 6.74. The van der Waals surface area contributed by atoms with Gasteiger partial charge in [-0.15, -0.1) is 0 Å². The van der Waals surface area contributed by atoms with Gasteiger partial charge >= 0.3 is 6.18 Å². The molecule has 240 valence electrons. The molecule has 0 aliphatic carbocycles. The van der Waals surface area contributed by atoms with E-state index in [0.717, 1.165) is 12.1 Å². The molecule has 15 heteroatoms. The number of ether oxygens (including phenoxy) is 1.